The second kappa shape index (κ2) is 6.64. The number of carbonyl (C=O) groups is 2. The molecule has 0 unspecified atom stereocenters. The van der Waals surface area contributed by atoms with Crippen molar-refractivity contribution in [1.29, 1.82) is 0 Å². The maximum absolute atomic E-state index is 13.2. The van der Waals surface area contributed by atoms with Gasteiger partial charge in [0.15, 0.2) is 23.0 Å². The van der Waals surface area contributed by atoms with Crippen LogP contribution >= 0.6 is 0 Å². The SMILES string of the molecule is CC(C)(C=O)[n+]1cc(C(=O)[C-]2C=[S+][C-](c3cccnc3)[NH2+]2)c2cccc[c-]21. The van der Waals surface area contributed by atoms with Gasteiger partial charge >= 0.3 is 0 Å². The Balaban J connectivity index is 1.68. The zero-order valence-corrected chi connectivity index (χ0v) is 15.9. The Labute approximate surface area is 161 Å². The fourth-order valence-electron chi connectivity index (χ4n) is 3.16. The third-order valence-electron chi connectivity index (χ3n) is 4.67. The molecule has 0 fully saturated rings. The Morgan fingerprint density at radius 3 is 2.89 bits per heavy atom. The topological polar surface area (TPSA) is 67.5 Å². The Hall–Kier alpha value is -2.96. The first kappa shape index (κ1) is 17.5. The van der Waals surface area contributed by atoms with Gasteiger partial charge in [0.1, 0.15) is 11.3 Å². The first-order valence-corrected chi connectivity index (χ1v) is 9.50. The van der Waals surface area contributed by atoms with Crippen LogP contribution in [-0.4, -0.2) is 22.4 Å². The van der Waals surface area contributed by atoms with Gasteiger partial charge in [0.05, 0.1) is 12.2 Å². The lowest BCUT2D eigenvalue weighted by Gasteiger charge is -2.13. The van der Waals surface area contributed by atoms with Crippen LogP contribution in [0, 0.1) is 11.4 Å². The highest BCUT2D eigenvalue weighted by Gasteiger charge is 2.35. The maximum Gasteiger partial charge on any atom is 0.277 e. The molecule has 2 aromatic heterocycles. The molecule has 6 heteroatoms. The number of carbonyl (C=O) groups excluding carboxylic acids is 2. The molecule has 2 N–H and O–H groups in total. The summed E-state index contributed by atoms with van der Waals surface area (Å²) in [6.07, 6.45) is 6.22. The molecule has 1 aliphatic rings. The van der Waals surface area contributed by atoms with Gasteiger partial charge in [-0.05, 0) is 22.7 Å². The summed E-state index contributed by atoms with van der Waals surface area (Å²) in [5.41, 5.74) is 1.75. The summed E-state index contributed by atoms with van der Waals surface area (Å²) in [5, 5.41) is 5.64. The molecule has 1 aliphatic heterocycles. The minimum absolute atomic E-state index is 0.0435. The number of hydrogen-bond acceptors (Lipinski definition) is 3. The van der Waals surface area contributed by atoms with Crippen molar-refractivity contribution < 1.29 is 19.5 Å². The Morgan fingerprint density at radius 1 is 1.30 bits per heavy atom. The minimum atomic E-state index is -0.729. The van der Waals surface area contributed by atoms with E-state index >= 15 is 0 Å². The van der Waals surface area contributed by atoms with Crippen molar-refractivity contribution in [2.24, 2.45) is 0 Å². The molecule has 3 aromatic rings. The highest BCUT2D eigenvalue weighted by atomic mass is 32.1. The molecular weight excluding hydrogens is 358 g/mol. The number of Topliss-reactive ketones (excluding diaryl/α,β-unsaturated/α-hetero) is 1. The molecule has 0 saturated heterocycles. The van der Waals surface area contributed by atoms with E-state index in [1.807, 2.05) is 65.5 Å². The van der Waals surface area contributed by atoms with Crippen molar-refractivity contribution in [2.75, 3.05) is 0 Å². The molecule has 0 bridgehead atoms. The predicted molar refractivity (Wildman–Crippen MR) is 105 cm³/mol. The number of para-hydroxylation sites is 1. The van der Waals surface area contributed by atoms with Gasteiger partial charge in [-0.25, -0.2) is 0 Å². The fraction of sp³-hybridized carbons (Fsp3) is 0.143. The smallest absolute Gasteiger partial charge is 0.277 e. The van der Waals surface area contributed by atoms with Crippen LogP contribution in [0.15, 0.2) is 55.0 Å². The number of benzene rings is 1. The predicted octanol–water partition coefficient (Wildman–Crippen LogP) is 0.889. The van der Waals surface area contributed by atoms with E-state index in [1.165, 1.54) is 11.4 Å². The Kier molecular flexibility index (Phi) is 4.30. The van der Waals surface area contributed by atoms with Crippen molar-refractivity contribution >= 4 is 39.7 Å². The molecule has 3 heterocycles. The highest BCUT2D eigenvalue weighted by Crippen LogP contribution is 2.22. The van der Waals surface area contributed by atoms with E-state index < -0.39 is 5.54 Å². The minimum Gasteiger partial charge on any atom is -0.345 e. The lowest BCUT2D eigenvalue weighted by molar-refractivity contribution is -0.714. The molecule has 0 spiro atoms. The number of pyridine rings is 1. The summed E-state index contributed by atoms with van der Waals surface area (Å²) in [6, 6.07) is 12.2. The highest BCUT2D eigenvalue weighted by molar-refractivity contribution is 7.81. The van der Waals surface area contributed by atoms with Crippen LogP contribution in [0.5, 0.6) is 0 Å². The van der Waals surface area contributed by atoms with Crippen LogP contribution in [0.1, 0.15) is 29.8 Å². The number of nitrogens with two attached hydrogens (primary N) is 1. The van der Waals surface area contributed by atoms with Gasteiger partial charge in [-0.15, -0.1) is 24.3 Å². The number of fused-ring (bicyclic) bond motifs is 1. The lowest BCUT2D eigenvalue weighted by atomic mass is 10.0. The Bertz CT molecular complexity index is 1040. The summed E-state index contributed by atoms with van der Waals surface area (Å²) in [5.74, 6) is -0.0435. The van der Waals surface area contributed by atoms with Crippen molar-refractivity contribution in [3.05, 3.63) is 77.5 Å². The quantitative estimate of drug-likeness (QED) is 0.179. The van der Waals surface area contributed by atoms with Crippen LogP contribution < -0.4 is 9.88 Å². The molecule has 136 valence electrons. The van der Waals surface area contributed by atoms with Crippen molar-refractivity contribution in [3.8, 4) is 0 Å². The monoisotopic (exact) mass is 377 g/mol. The average Bonchev–Trinajstić information content (AvgIpc) is 3.34. The molecule has 0 atom stereocenters. The van der Waals surface area contributed by atoms with E-state index in [4.69, 9.17) is 0 Å². The summed E-state index contributed by atoms with van der Waals surface area (Å²) in [6.45, 7) is 3.68. The lowest BCUT2D eigenvalue weighted by Crippen LogP contribution is -2.86. The second-order valence-corrected chi connectivity index (χ2v) is 7.88. The number of nitrogens with zero attached hydrogens (tertiary/aromatic N) is 2. The number of ketones is 1. The van der Waals surface area contributed by atoms with Gasteiger partial charge in [0.2, 0.25) is 5.54 Å². The standard InChI is InChI=1S/C21H19N3O2S/c1-21(2,13-25)24-11-16(15-7-3-4-8-18(15)24)19(26)17-12-27-20(23-17)14-6-5-9-22-10-14/h3-13H,23H2,1-2H3. The molecule has 5 nitrogen and oxygen atoms in total. The molecule has 0 saturated carbocycles. The van der Waals surface area contributed by atoms with E-state index in [0.29, 0.717) is 11.6 Å². The zero-order chi connectivity index (χ0) is 19.0. The van der Waals surface area contributed by atoms with Gasteiger partial charge in [-0.3, -0.25) is 9.36 Å². The van der Waals surface area contributed by atoms with Crippen LogP contribution in [-0.2, 0) is 21.7 Å². The van der Waals surface area contributed by atoms with Crippen molar-refractivity contribution in [3.63, 3.8) is 0 Å². The fourth-order valence-corrected chi connectivity index (χ4v) is 4.05. The molecule has 27 heavy (non-hydrogen) atoms. The maximum atomic E-state index is 13.2. The first-order valence-electron chi connectivity index (χ1n) is 8.62. The largest absolute Gasteiger partial charge is 0.345 e. The average molecular weight is 377 g/mol. The van der Waals surface area contributed by atoms with E-state index in [0.717, 1.165) is 28.1 Å². The van der Waals surface area contributed by atoms with Gasteiger partial charge in [0.25, 0.3) is 5.37 Å². The van der Waals surface area contributed by atoms with Gasteiger partial charge in [-0.1, -0.05) is 18.3 Å². The molecular formula is C21H19N3O2S. The van der Waals surface area contributed by atoms with Gasteiger partial charge in [-0.2, -0.15) is 0 Å². The Morgan fingerprint density at radius 2 is 2.15 bits per heavy atom. The van der Waals surface area contributed by atoms with Gasteiger partial charge in [0, 0.05) is 13.8 Å². The van der Waals surface area contributed by atoms with E-state index in [2.05, 4.69) is 4.98 Å². The van der Waals surface area contributed by atoms with E-state index in [-0.39, 0.29) is 5.78 Å². The summed E-state index contributed by atoms with van der Waals surface area (Å²) >= 11 is 1.52. The molecule has 4 rings (SSSR count). The summed E-state index contributed by atoms with van der Waals surface area (Å²) in [4.78, 5) is 28.9. The third-order valence-corrected chi connectivity index (χ3v) is 5.65. The zero-order valence-electron chi connectivity index (χ0n) is 15.0. The molecule has 0 amide bonds. The molecule has 0 aliphatic carbocycles. The second-order valence-electron chi connectivity index (χ2n) is 6.97. The number of aldehydes is 1. The number of aromatic nitrogens is 2. The van der Waals surface area contributed by atoms with Crippen LogP contribution in [0.4, 0.5) is 0 Å². The van der Waals surface area contributed by atoms with Crippen LogP contribution in [0.2, 0.25) is 0 Å². The van der Waals surface area contributed by atoms with Crippen LogP contribution in [0.3, 0.4) is 0 Å². The number of hydrogen-bond donors (Lipinski definition) is 1. The molecule has 1 aromatic carbocycles. The normalized spacial score (nSPS) is 14.1. The summed E-state index contributed by atoms with van der Waals surface area (Å²) in [7, 11) is 0. The number of rotatable bonds is 5. The van der Waals surface area contributed by atoms with E-state index in [9.17, 15) is 9.59 Å². The van der Waals surface area contributed by atoms with Gasteiger partial charge < -0.3 is 15.1 Å². The van der Waals surface area contributed by atoms with Crippen molar-refractivity contribution in [1.82, 2.24) is 4.98 Å². The van der Waals surface area contributed by atoms with Crippen molar-refractivity contribution in [2.45, 2.75) is 19.4 Å². The third kappa shape index (κ3) is 3.03. The molecule has 0 radical (unpaired) electrons. The van der Waals surface area contributed by atoms with Crippen LogP contribution in [0.25, 0.3) is 10.9 Å². The van der Waals surface area contributed by atoms with E-state index in [1.54, 1.807) is 18.6 Å². The summed E-state index contributed by atoms with van der Waals surface area (Å²) < 4.78 is 1.87. The number of quaternary nitrogens is 1. The first-order chi connectivity index (χ1) is 13.0.